The minimum absolute atomic E-state index is 0.00151. The third-order valence-electron chi connectivity index (χ3n) is 6.19. The smallest absolute Gasteiger partial charge is 0.271 e. The monoisotopic (exact) mass is 421 g/mol. The molecule has 0 spiro atoms. The lowest BCUT2D eigenvalue weighted by Crippen LogP contribution is -2.48. The Bertz CT molecular complexity index is 929. The van der Waals surface area contributed by atoms with E-state index in [0.29, 0.717) is 32.5 Å². The van der Waals surface area contributed by atoms with Crippen LogP contribution in [-0.2, 0) is 9.59 Å². The SMILES string of the molecule is CC(c1ccccc1)N1CC(C(=O)N2CCC(NC(=O)c3cnccn3)CC2)CC1=O. The molecule has 1 aromatic heterocycles. The molecular formula is C23H27N5O3. The highest BCUT2D eigenvalue weighted by atomic mass is 16.2. The van der Waals surface area contributed by atoms with Gasteiger partial charge in [0.15, 0.2) is 0 Å². The molecular weight excluding hydrogens is 394 g/mol. The van der Waals surface area contributed by atoms with E-state index in [2.05, 4.69) is 15.3 Å². The lowest BCUT2D eigenvalue weighted by molar-refractivity contribution is -0.136. The summed E-state index contributed by atoms with van der Waals surface area (Å²) in [5.41, 5.74) is 1.36. The zero-order chi connectivity index (χ0) is 21.8. The third-order valence-corrected chi connectivity index (χ3v) is 6.19. The van der Waals surface area contributed by atoms with Gasteiger partial charge in [-0.05, 0) is 25.3 Å². The molecule has 2 aliphatic rings. The first-order valence-electron chi connectivity index (χ1n) is 10.7. The summed E-state index contributed by atoms with van der Waals surface area (Å²) in [5.74, 6) is -0.482. The molecule has 3 amide bonds. The Morgan fingerprint density at radius 1 is 1.13 bits per heavy atom. The van der Waals surface area contributed by atoms with Gasteiger partial charge in [0.25, 0.3) is 5.91 Å². The summed E-state index contributed by atoms with van der Waals surface area (Å²) in [6.07, 6.45) is 6.08. The van der Waals surface area contributed by atoms with E-state index in [9.17, 15) is 14.4 Å². The second-order valence-corrected chi connectivity index (χ2v) is 8.20. The molecule has 8 heteroatoms. The molecule has 2 aromatic rings. The summed E-state index contributed by atoms with van der Waals surface area (Å²) in [5, 5.41) is 2.97. The van der Waals surface area contributed by atoms with E-state index >= 15 is 0 Å². The number of hydrogen-bond donors (Lipinski definition) is 1. The summed E-state index contributed by atoms with van der Waals surface area (Å²) < 4.78 is 0. The Balaban J connectivity index is 1.29. The first-order valence-corrected chi connectivity index (χ1v) is 10.7. The van der Waals surface area contributed by atoms with E-state index in [0.717, 1.165) is 5.56 Å². The van der Waals surface area contributed by atoms with Crippen LogP contribution in [0.4, 0.5) is 0 Å². The number of hydrogen-bond acceptors (Lipinski definition) is 5. The fourth-order valence-electron chi connectivity index (χ4n) is 4.36. The Kier molecular flexibility index (Phi) is 6.25. The van der Waals surface area contributed by atoms with Gasteiger partial charge in [0, 0.05) is 44.5 Å². The molecule has 2 aliphatic heterocycles. The molecule has 31 heavy (non-hydrogen) atoms. The molecule has 0 radical (unpaired) electrons. The Morgan fingerprint density at radius 3 is 2.55 bits per heavy atom. The minimum Gasteiger partial charge on any atom is -0.348 e. The molecule has 2 atom stereocenters. The maximum absolute atomic E-state index is 13.0. The highest BCUT2D eigenvalue weighted by molar-refractivity contribution is 5.92. The van der Waals surface area contributed by atoms with Crippen molar-refractivity contribution in [1.82, 2.24) is 25.1 Å². The van der Waals surface area contributed by atoms with Crippen molar-refractivity contribution in [1.29, 1.82) is 0 Å². The van der Waals surface area contributed by atoms with Gasteiger partial charge in [-0.3, -0.25) is 19.4 Å². The summed E-state index contributed by atoms with van der Waals surface area (Å²) in [6, 6.07) is 9.84. The van der Waals surface area contributed by atoms with Gasteiger partial charge >= 0.3 is 0 Å². The van der Waals surface area contributed by atoms with Crippen LogP contribution in [0.15, 0.2) is 48.9 Å². The Morgan fingerprint density at radius 2 is 1.87 bits per heavy atom. The number of carbonyl (C=O) groups excluding carboxylic acids is 3. The molecule has 1 aromatic carbocycles. The van der Waals surface area contributed by atoms with Crippen molar-refractivity contribution in [3.8, 4) is 0 Å². The summed E-state index contributed by atoms with van der Waals surface area (Å²) in [7, 11) is 0. The van der Waals surface area contributed by atoms with Crippen molar-refractivity contribution in [3.05, 3.63) is 60.2 Å². The van der Waals surface area contributed by atoms with E-state index in [4.69, 9.17) is 0 Å². The van der Waals surface area contributed by atoms with E-state index in [-0.39, 0.29) is 47.8 Å². The van der Waals surface area contributed by atoms with Gasteiger partial charge in [0.1, 0.15) is 5.69 Å². The second kappa shape index (κ2) is 9.24. The van der Waals surface area contributed by atoms with Crippen LogP contribution in [0.1, 0.15) is 48.3 Å². The molecule has 2 saturated heterocycles. The van der Waals surface area contributed by atoms with Gasteiger partial charge < -0.3 is 15.1 Å². The summed E-state index contributed by atoms with van der Waals surface area (Å²) in [6.45, 7) is 3.61. The van der Waals surface area contributed by atoms with E-state index < -0.39 is 0 Å². The van der Waals surface area contributed by atoms with Gasteiger partial charge in [-0.1, -0.05) is 30.3 Å². The van der Waals surface area contributed by atoms with Crippen LogP contribution >= 0.6 is 0 Å². The van der Waals surface area contributed by atoms with Crippen LogP contribution in [0, 0.1) is 5.92 Å². The normalized spacial score (nSPS) is 20.5. The van der Waals surface area contributed by atoms with E-state index in [1.807, 2.05) is 47.1 Å². The van der Waals surface area contributed by atoms with Crippen LogP contribution < -0.4 is 5.32 Å². The molecule has 4 rings (SSSR count). The number of likely N-dealkylation sites (tertiary alicyclic amines) is 2. The minimum atomic E-state index is -0.301. The fraction of sp³-hybridized carbons (Fsp3) is 0.435. The second-order valence-electron chi connectivity index (χ2n) is 8.20. The summed E-state index contributed by atoms with van der Waals surface area (Å²) >= 11 is 0. The van der Waals surface area contributed by atoms with Crippen LogP contribution in [0.25, 0.3) is 0 Å². The number of benzene rings is 1. The zero-order valence-corrected chi connectivity index (χ0v) is 17.6. The lowest BCUT2D eigenvalue weighted by atomic mass is 10.0. The maximum Gasteiger partial charge on any atom is 0.271 e. The maximum atomic E-state index is 13.0. The van der Waals surface area contributed by atoms with E-state index in [1.54, 1.807) is 0 Å². The highest BCUT2D eigenvalue weighted by Gasteiger charge is 2.39. The van der Waals surface area contributed by atoms with E-state index in [1.165, 1.54) is 18.6 Å². The molecule has 2 unspecified atom stereocenters. The van der Waals surface area contributed by atoms with Gasteiger partial charge in [-0.2, -0.15) is 0 Å². The van der Waals surface area contributed by atoms with Crippen molar-refractivity contribution in [2.24, 2.45) is 5.92 Å². The third kappa shape index (κ3) is 4.73. The number of nitrogens with one attached hydrogen (secondary N) is 1. The molecule has 0 bridgehead atoms. The van der Waals surface area contributed by atoms with Crippen molar-refractivity contribution in [2.45, 2.75) is 38.3 Å². The number of piperidine rings is 1. The standard InChI is InChI=1S/C23H27N5O3/c1-16(17-5-3-2-4-6-17)28-15-18(13-21(28)29)23(31)27-11-7-19(8-12-27)26-22(30)20-14-24-9-10-25-20/h2-6,9-10,14,16,18-19H,7-8,11-13,15H2,1H3,(H,26,30). The van der Waals surface area contributed by atoms with Crippen LogP contribution in [0.5, 0.6) is 0 Å². The molecule has 8 nitrogen and oxygen atoms in total. The molecule has 1 N–H and O–H groups in total. The van der Waals surface area contributed by atoms with Crippen molar-refractivity contribution < 1.29 is 14.4 Å². The van der Waals surface area contributed by atoms with Gasteiger partial charge in [0.2, 0.25) is 11.8 Å². The Labute approximate surface area is 181 Å². The van der Waals surface area contributed by atoms with Crippen LogP contribution in [0.3, 0.4) is 0 Å². The number of rotatable bonds is 5. The number of amides is 3. The largest absolute Gasteiger partial charge is 0.348 e. The predicted molar refractivity (Wildman–Crippen MR) is 114 cm³/mol. The van der Waals surface area contributed by atoms with Gasteiger partial charge in [-0.15, -0.1) is 0 Å². The highest BCUT2D eigenvalue weighted by Crippen LogP contribution is 2.30. The lowest BCUT2D eigenvalue weighted by Gasteiger charge is -2.34. The fourth-order valence-corrected chi connectivity index (χ4v) is 4.36. The zero-order valence-electron chi connectivity index (χ0n) is 17.6. The molecule has 2 fully saturated rings. The number of nitrogens with zero attached hydrogens (tertiary/aromatic N) is 4. The van der Waals surface area contributed by atoms with Crippen molar-refractivity contribution in [3.63, 3.8) is 0 Å². The quantitative estimate of drug-likeness (QED) is 0.794. The van der Waals surface area contributed by atoms with Crippen LogP contribution in [0.2, 0.25) is 0 Å². The summed E-state index contributed by atoms with van der Waals surface area (Å²) in [4.78, 5) is 49.5. The molecule has 3 heterocycles. The first kappa shape index (κ1) is 21.0. The molecule has 0 saturated carbocycles. The average Bonchev–Trinajstić information content (AvgIpc) is 3.21. The number of aromatic nitrogens is 2. The predicted octanol–water partition coefficient (Wildman–Crippen LogP) is 1.81. The van der Waals surface area contributed by atoms with Crippen molar-refractivity contribution in [2.75, 3.05) is 19.6 Å². The van der Waals surface area contributed by atoms with Crippen LogP contribution in [-0.4, -0.2) is 63.2 Å². The van der Waals surface area contributed by atoms with Gasteiger partial charge in [0.05, 0.1) is 18.2 Å². The topological polar surface area (TPSA) is 95.5 Å². The Hall–Kier alpha value is -3.29. The molecule has 0 aliphatic carbocycles. The van der Waals surface area contributed by atoms with Crippen molar-refractivity contribution >= 4 is 17.7 Å². The first-order chi connectivity index (χ1) is 15.0. The van der Waals surface area contributed by atoms with Gasteiger partial charge in [-0.25, -0.2) is 4.98 Å². The molecule has 162 valence electrons. The number of carbonyl (C=O) groups is 3. The average molecular weight is 422 g/mol.